The average molecular weight is 392 g/mol. The van der Waals surface area contributed by atoms with Crippen molar-refractivity contribution in [3.05, 3.63) is 77.5 Å². The lowest BCUT2D eigenvalue weighted by Crippen LogP contribution is -2.12. The molecule has 142 valence electrons. The first-order valence-corrected chi connectivity index (χ1v) is 10.3. The molecule has 5 nitrogen and oxygen atoms in total. The number of Topliss-reactive ketones (excluding diaryl/α,β-unsaturated/α-hetero) is 1. The zero-order valence-electron chi connectivity index (χ0n) is 15.9. The summed E-state index contributed by atoms with van der Waals surface area (Å²) in [6.45, 7) is 5.65. The number of benzene rings is 2. The van der Waals surface area contributed by atoms with Crippen LogP contribution in [0.3, 0.4) is 0 Å². The lowest BCUT2D eigenvalue weighted by atomic mass is 10.0. The van der Waals surface area contributed by atoms with E-state index in [1.807, 2.05) is 26.8 Å². The Morgan fingerprint density at radius 2 is 1.79 bits per heavy atom. The molecule has 1 aromatic heterocycles. The minimum atomic E-state index is -3.80. The SMILES string of the molecule is Cc1ccc(S(=O)(=O)n2ccc3ccc(C(=O)/C(C#N)=C/C(C)C)cc32)cc1. The van der Waals surface area contributed by atoms with E-state index in [1.165, 1.54) is 16.2 Å². The van der Waals surface area contributed by atoms with Crippen LogP contribution >= 0.6 is 0 Å². The number of nitriles is 1. The van der Waals surface area contributed by atoms with Crippen molar-refractivity contribution in [2.45, 2.75) is 25.7 Å². The van der Waals surface area contributed by atoms with Crippen molar-refractivity contribution in [2.24, 2.45) is 5.92 Å². The number of aromatic nitrogens is 1. The third-order valence-electron chi connectivity index (χ3n) is 4.36. The first kappa shape index (κ1) is 19.6. The highest BCUT2D eigenvalue weighted by molar-refractivity contribution is 7.90. The standard InChI is InChI=1S/C22H20N2O3S/c1-15(2)12-19(14-23)22(25)18-7-6-17-10-11-24(21(17)13-18)28(26,27)20-8-4-16(3)5-9-20/h4-13,15H,1-3H3/b19-12+. The minimum absolute atomic E-state index is 0.0492. The topological polar surface area (TPSA) is 79.9 Å². The van der Waals surface area contributed by atoms with E-state index in [9.17, 15) is 18.5 Å². The molecule has 0 saturated carbocycles. The van der Waals surface area contributed by atoms with Crippen molar-refractivity contribution in [3.63, 3.8) is 0 Å². The maximum absolute atomic E-state index is 13.1. The minimum Gasteiger partial charge on any atom is -0.288 e. The third kappa shape index (κ3) is 3.62. The monoisotopic (exact) mass is 392 g/mol. The average Bonchev–Trinajstić information content (AvgIpc) is 3.09. The molecule has 2 aromatic carbocycles. The van der Waals surface area contributed by atoms with Gasteiger partial charge in [0.15, 0.2) is 0 Å². The lowest BCUT2D eigenvalue weighted by Gasteiger charge is -2.09. The summed E-state index contributed by atoms with van der Waals surface area (Å²) in [7, 11) is -3.80. The van der Waals surface area contributed by atoms with Crippen molar-refractivity contribution in [1.82, 2.24) is 3.97 Å². The smallest absolute Gasteiger partial charge is 0.268 e. The Bertz CT molecular complexity index is 1230. The van der Waals surface area contributed by atoms with Crippen molar-refractivity contribution in [3.8, 4) is 6.07 Å². The molecular weight excluding hydrogens is 372 g/mol. The van der Waals surface area contributed by atoms with E-state index in [-0.39, 0.29) is 21.9 Å². The van der Waals surface area contributed by atoms with Crippen LogP contribution < -0.4 is 0 Å². The van der Waals surface area contributed by atoms with Crippen LogP contribution in [-0.2, 0) is 10.0 Å². The molecule has 0 spiro atoms. The van der Waals surface area contributed by atoms with Crippen LogP contribution in [0.25, 0.3) is 10.9 Å². The largest absolute Gasteiger partial charge is 0.288 e. The molecule has 0 aliphatic rings. The van der Waals surface area contributed by atoms with Crippen molar-refractivity contribution >= 4 is 26.7 Å². The number of rotatable bonds is 5. The summed E-state index contributed by atoms with van der Waals surface area (Å²) in [6.07, 6.45) is 3.08. The molecule has 0 N–H and O–H groups in total. The van der Waals surface area contributed by atoms with Gasteiger partial charge in [-0.3, -0.25) is 4.79 Å². The molecule has 0 fully saturated rings. The zero-order chi connectivity index (χ0) is 20.5. The van der Waals surface area contributed by atoms with Crippen LogP contribution in [0.2, 0.25) is 0 Å². The Morgan fingerprint density at radius 1 is 1.11 bits per heavy atom. The summed E-state index contributed by atoms with van der Waals surface area (Å²) in [5.41, 5.74) is 1.69. The molecule has 0 amide bonds. The fraction of sp³-hybridized carbons (Fsp3) is 0.182. The predicted octanol–water partition coefficient (Wildman–Crippen LogP) is 4.48. The van der Waals surface area contributed by atoms with Gasteiger partial charge in [0.05, 0.1) is 16.0 Å². The van der Waals surface area contributed by atoms with E-state index in [2.05, 4.69) is 0 Å². The normalized spacial score (nSPS) is 12.3. The summed E-state index contributed by atoms with van der Waals surface area (Å²) in [6, 6.07) is 15.0. The van der Waals surface area contributed by atoms with Gasteiger partial charge in [-0.15, -0.1) is 0 Å². The molecule has 0 bridgehead atoms. The predicted molar refractivity (Wildman–Crippen MR) is 109 cm³/mol. The maximum Gasteiger partial charge on any atom is 0.268 e. The first-order valence-electron chi connectivity index (χ1n) is 8.84. The number of carbonyl (C=O) groups excluding carboxylic acids is 1. The molecular formula is C22H20N2O3S. The molecule has 0 aliphatic heterocycles. The van der Waals surface area contributed by atoms with Crippen LogP contribution in [0.5, 0.6) is 0 Å². The van der Waals surface area contributed by atoms with E-state index in [0.717, 1.165) is 5.56 Å². The Hall–Kier alpha value is -3.17. The fourth-order valence-corrected chi connectivity index (χ4v) is 4.28. The van der Waals surface area contributed by atoms with E-state index < -0.39 is 15.8 Å². The Balaban J connectivity index is 2.12. The molecule has 0 unspecified atom stereocenters. The molecule has 3 rings (SSSR count). The number of hydrogen-bond acceptors (Lipinski definition) is 4. The van der Waals surface area contributed by atoms with E-state index in [4.69, 9.17) is 0 Å². The molecule has 3 aromatic rings. The fourth-order valence-electron chi connectivity index (χ4n) is 2.93. The summed E-state index contributed by atoms with van der Waals surface area (Å²) in [5, 5.41) is 9.99. The second-order valence-electron chi connectivity index (χ2n) is 6.97. The Morgan fingerprint density at radius 3 is 2.39 bits per heavy atom. The van der Waals surface area contributed by atoms with Crippen LogP contribution in [0, 0.1) is 24.2 Å². The molecule has 0 atom stereocenters. The van der Waals surface area contributed by atoms with E-state index >= 15 is 0 Å². The van der Waals surface area contributed by atoms with Gasteiger partial charge in [-0.05, 0) is 37.1 Å². The second-order valence-corrected chi connectivity index (χ2v) is 8.78. The number of ketones is 1. The van der Waals surface area contributed by atoms with Crippen molar-refractivity contribution in [1.29, 1.82) is 5.26 Å². The number of carbonyl (C=O) groups is 1. The van der Waals surface area contributed by atoms with Crippen LogP contribution in [0.4, 0.5) is 0 Å². The highest BCUT2D eigenvalue weighted by atomic mass is 32.2. The first-order chi connectivity index (χ1) is 13.2. The molecule has 0 saturated heterocycles. The van der Waals surface area contributed by atoms with Gasteiger partial charge in [0.1, 0.15) is 6.07 Å². The third-order valence-corrected chi connectivity index (χ3v) is 6.07. The Labute approximate surface area is 164 Å². The van der Waals surface area contributed by atoms with Gasteiger partial charge in [0, 0.05) is 17.1 Å². The summed E-state index contributed by atoms with van der Waals surface area (Å²) in [5.74, 6) is -0.369. The van der Waals surface area contributed by atoms with Gasteiger partial charge in [-0.1, -0.05) is 49.8 Å². The quantitative estimate of drug-likeness (QED) is 0.364. The maximum atomic E-state index is 13.1. The van der Waals surface area contributed by atoms with Crippen molar-refractivity contribution in [2.75, 3.05) is 0 Å². The van der Waals surface area contributed by atoms with Gasteiger partial charge in [-0.25, -0.2) is 12.4 Å². The highest BCUT2D eigenvalue weighted by Gasteiger charge is 2.20. The summed E-state index contributed by atoms with van der Waals surface area (Å²) >= 11 is 0. The van der Waals surface area contributed by atoms with Gasteiger partial charge >= 0.3 is 0 Å². The number of nitrogens with zero attached hydrogens (tertiary/aromatic N) is 2. The van der Waals surface area contributed by atoms with Gasteiger partial charge in [-0.2, -0.15) is 5.26 Å². The second kappa shape index (κ2) is 7.45. The van der Waals surface area contributed by atoms with E-state index in [1.54, 1.807) is 48.5 Å². The Kier molecular flexibility index (Phi) is 5.21. The van der Waals surface area contributed by atoms with E-state index in [0.29, 0.717) is 10.9 Å². The summed E-state index contributed by atoms with van der Waals surface area (Å²) in [4.78, 5) is 12.9. The van der Waals surface area contributed by atoms with Crippen LogP contribution in [0.15, 0.2) is 71.3 Å². The molecule has 28 heavy (non-hydrogen) atoms. The van der Waals surface area contributed by atoms with Crippen LogP contribution in [0.1, 0.15) is 29.8 Å². The zero-order valence-corrected chi connectivity index (χ0v) is 16.7. The number of hydrogen-bond donors (Lipinski definition) is 0. The molecule has 0 aliphatic carbocycles. The lowest BCUT2D eigenvalue weighted by molar-refractivity contribution is 0.103. The molecule has 0 radical (unpaired) electrons. The highest BCUT2D eigenvalue weighted by Crippen LogP contribution is 2.24. The number of fused-ring (bicyclic) bond motifs is 1. The number of allylic oxidation sites excluding steroid dienone is 2. The summed E-state index contributed by atoms with van der Waals surface area (Å²) < 4.78 is 27.3. The molecule has 1 heterocycles. The number of aryl methyl sites for hydroxylation is 1. The van der Waals surface area contributed by atoms with Gasteiger partial charge in [0.25, 0.3) is 10.0 Å². The van der Waals surface area contributed by atoms with Crippen molar-refractivity contribution < 1.29 is 13.2 Å². The van der Waals surface area contributed by atoms with Crippen LogP contribution in [-0.4, -0.2) is 18.2 Å². The molecule has 6 heteroatoms. The van der Waals surface area contributed by atoms with Gasteiger partial charge in [0.2, 0.25) is 5.78 Å². The van der Waals surface area contributed by atoms with Gasteiger partial charge < -0.3 is 0 Å².